The van der Waals surface area contributed by atoms with Crippen LogP contribution in [0.5, 0.6) is 0 Å². The third kappa shape index (κ3) is 2.36. The molecule has 0 saturated carbocycles. The average Bonchev–Trinajstić information content (AvgIpc) is 2.87. The van der Waals surface area contributed by atoms with E-state index in [0.717, 1.165) is 11.3 Å². The summed E-state index contributed by atoms with van der Waals surface area (Å²) >= 11 is 0. The second-order valence-corrected chi connectivity index (χ2v) is 3.73. The minimum atomic E-state index is -0.440. The van der Waals surface area contributed by atoms with Gasteiger partial charge in [0.15, 0.2) is 5.76 Å². The molecule has 1 atom stereocenters. The highest BCUT2D eigenvalue weighted by molar-refractivity contribution is 5.77. The molecule has 0 aliphatic rings. The zero-order valence-electron chi connectivity index (χ0n) is 9.71. The van der Waals surface area contributed by atoms with Gasteiger partial charge in [-0.1, -0.05) is 35.5 Å². The molecule has 1 unspecified atom stereocenters. The first-order valence-electron chi connectivity index (χ1n) is 5.32. The van der Waals surface area contributed by atoms with Gasteiger partial charge in [0.1, 0.15) is 11.6 Å². The molecular formula is C13H13NO3. The largest absolute Gasteiger partial charge is 0.468 e. The van der Waals surface area contributed by atoms with Crippen LogP contribution in [0, 0.1) is 0 Å². The normalized spacial score (nSPS) is 12.1. The fourth-order valence-corrected chi connectivity index (χ4v) is 1.53. The van der Waals surface area contributed by atoms with Gasteiger partial charge in [0.25, 0.3) is 0 Å². The maximum atomic E-state index is 11.3. The molecule has 4 heteroatoms. The lowest BCUT2D eigenvalue weighted by atomic mass is 10.1. The molecule has 0 amide bonds. The Labute approximate surface area is 99.2 Å². The number of hydrogen-bond acceptors (Lipinski definition) is 4. The van der Waals surface area contributed by atoms with Crippen molar-refractivity contribution in [2.24, 2.45) is 0 Å². The number of hydrogen-bond donors (Lipinski definition) is 0. The summed E-state index contributed by atoms with van der Waals surface area (Å²) in [6.07, 6.45) is 0. The Balaban J connectivity index is 2.25. The second kappa shape index (κ2) is 4.82. The van der Waals surface area contributed by atoms with Crippen molar-refractivity contribution < 1.29 is 14.1 Å². The van der Waals surface area contributed by atoms with E-state index < -0.39 is 5.92 Å². The molecule has 1 heterocycles. The summed E-state index contributed by atoms with van der Waals surface area (Å²) in [6, 6.07) is 11.4. The van der Waals surface area contributed by atoms with Crippen LogP contribution < -0.4 is 0 Å². The van der Waals surface area contributed by atoms with Gasteiger partial charge in [-0.15, -0.1) is 0 Å². The number of carbonyl (C=O) groups is 1. The third-order valence-electron chi connectivity index (χ3n) is 2.58. The molecule has 0 aliphatic carbocycles. The van der Waals surface area contributed by atoms with E-state index in [0.29, 0.717) is 5.76 Å². The van der Waals surface area contributed by atoms with Crippen molar-refractivity contribution >= 4 is 5.97 Å². The van der Waals surface area contributed by atoms with Crippen molar-refractivity contribution in [3.8, 4) is 11.3 Å². The lowest BCUT2D eigenvalue weighted by Crippen LogP contribution is -2.09. The van der Waals surface area contributed by atoms with Crippen LogP contribution in [0.2, 0.25) is 0 Å². The maximum Gasteiger partial charge on any atom is 0.316 e. The van der Waals surface area contributed by atoms with E-state index in [1.807, 2.05) is 30.3 Å². The molecule has 0 radical (unpaired) electrons. The number of nitrogens with zero attached hydrogens (tertiary/aromatic N) is 1. The van der Waals surface area contributed by atoms with Crippen molar-refractivity contribution in [2.45, 2.75) is 12.8 Å². The van der Waals surface area contributed by atoms with Crippen molar-refractivity contribution in [3.05, 3.63) is 42.2 Å². The lowest BCUT2D eigenvalue weighted by Gasteiger charge is -2.03. The van der Waals surface area contributed by atoms with Gasteiger partial charge in [0.05, 0.1) is 7.11 Å². The van der Waals surface area contributed by atoms with E-state index in [1.54, 1.807) is 13.0 Å². The van der Waals surface area contributed by atoms with E-state index in [-0.39, 0.29) is 5.97 Å². The molecule has 0 spiro atoms. The third-order valence-corrected chi connectivity index (χ3v) is 2.58. The quantitative estimate of drug-likeness (QED) is 0.762. The highest BCUT2D eigenvalue weighted by Crippen LogP contribution is 2.23. The predicted octanol–water partition coefficient (Wildman–Crippen LogP) is 2.62. The topological polar surface area (TPSA) is 52.3 Å². The molecule has 0 bridgehead atoms. The van der Waals surface area contributed by atoms with Gasteiger partial charge >= 0.3 is 5.97 Å². The van der Waals surface area contributed by atoms with Crippen molar-refractivity contribution in [3.63, 3.8) is 0 Å². The minimum Gasteiger partial charge on any atom is -0.468 e. The van der Waals surface area contributed by atoms with Gasteiger partial charge in [0, 0.05) is 11.6 Å². The van der Waals surface area contributed by atoms with Crippen LogP contribution in [-0.4, -0.2) is 18.2 Å². The Bertz CT molecular complexity index is 504. The molecule has 4 nitrogen and oxygen atoms in total. The summed E-state index contributed by atoms with van der Waals surface area (Å²) in [7, 11) is 1.35. The molecule has 1 aromatic carbocycles. The van der Waals surface area contributed by atoms with Crippen LogP contribution in [0.1, 0.15) is 18.6 Å². The predicted molar refractivity (Wildman–Crippen MR) is 62.4 cm³/mol. The van der Waals surface area contributed by atoms with Gasteiger partial charge in [-0.2, -0.15) is 0 Å². The highest BCUT2D eigenvalue weighted by atomic mass is 16.5. The fraction of sp³-hybridized carbons (Fsp3) is 0.231. The first-order valence-corrected chi connectivity index (χ1v) is 5.32. The number of methoxy groups -OCH3 is 1. The zero-order valence-corrected chi connectivity index (χ0v) is 9.71. The number of rotatable bonds is 3. The van der Waals surface area contributed by atoms with E-state index in [1.165, 1.54) is 7.11 Å². The van der Waals surface area contributed by atoms with Crippen LogP contribution >= 0.6 is 0 Å². The molecule has 0 N–H and O–H groups in total. The molecule has 1 aromatic heterocycles. The SMILES string of the molecule is COC(=O)C(C)c1cc(-c2ccccc2)no1. The Hall–Kier alpha value is -2.10. The van der Waals surface area contributed by atoms with Crippen molar-refractivity contribution in [1.82, 2.24) is 5.16 Å². The van der Waals surface area contributed by atoms with Gasteiger partial charge in [0.2, 0.25) is 0 Å². The van der Waals surface area contributed by atoms with Crippen LogP contribution in [0.25, 0.3) is 11.3 Å². The standard InChI is InChI=1S/C13H13NO3/c1-9(13(15)16-2)12-8-11(14-17-12)10-6-4-3-5-7-10/h3-9H,1-2H3. The number of benzene rings is 1. The molecule has 0 saturated heterocycles. The molecule has 0 fully saturated rings. The maximum absolute atomic E-state index is 11.3. The van der Waals surface area contributed by atoms with Crippen molar-refractivity contribution in [1.29, 1.82) is 0 Å². The number of ether oxygens (including phenoxy) is 1. The lowest BCUT2D eigenvalue weighted by molar-refractivity contribution is -0.142. The first-order chi connectivity index (χ1) is 8.22. The average molecular weight is 231 g/mol. The van der Waals surface area contributed by atoms with E-state index in [9.17, 15) is 4.79 Å². The summed E-state index contributed by atoms with van der Waals surface area (Å²) in [5.41, 5.74) is 1.68. The molecule has 88 valence electrons. The number of esters is 1. The number of aromatic nitrogens is 1. The summed E-state index contributed by atoms with van der Waals surface area (Å²) in [6.45, 7) is 1.72. The molecule has 2 rings (SSSR count). The van der Waals surface area contributed by atoms with Gasteiger partial charge in [-0.05, 0) is 6.92 Å². The van der Waals surface area contributed by atoms with Gasteiger partial charge in [-0.3, -0.25) is 4.79 Å². The van der Waals surface area contributed by atoms with E-state index in [4.69, 9.17) is 4.52 Å². The number of carbonyl (C=O) groups excluding carboxylic acids is 1. The highest BCUT2D eigenvalue weighted by Gasteiger charge is 2.20. The molecule has 17 heavy (non-hydrogen) atoms. The summed E-state index contributed by atoms with van der Waals surface area (Å²) < 4.78 is 9.81. The summed E-state index contributed by atoms with van der Waals surface area (Å²) in [5.74, 6) is -0.263. The van der Waals surface area contributed by atoms with Crippen LogP contribution in [0.3, 0.4) is 0 Å². The van der Waals surface area contributed by atoms with E-state index >= 15 is 0 Å². The van der Waals surface area contributed by atoms with Crippen LogP contribution in [0.4, 0.5) is 0 Å². The Kier molecular flexibility index (Phi) is 3.23. The van der Waals surface area contributed by atoms with Gasteiger partial charge < -0.3 is 9.26 Å². The second-order valence-electron chi connectivity index (χ2n) is 3.73. The monoisotopic (exact) mass is 231 g/mol. The Morgan fingerprint density at radius 3 is 2.71 bits per heavy atom. The zero-order chi connectivity index (χ0) is 12.3. The van der Waals surface area contributed by atoms with Gasteiger partial charge in [-0.25, -0.2) is 0 Å². The molecule has 0 aliphatic heterocycles. The van der Waals surface area contributed by atoms with Crippen LogP contribution in [0.15, 0.2) is 40.9 Å². The van der Waals surface area contributed by atoms with Crippen molar-refractivity contribution in [2.75, 3.05) is 7.11 Å². The smallest absolute Gasteiger partial charge is 0.316 e. The first kappa shape index (κ1) is 11.4. The Morgan fingerprint density at radius 1 is 1.35 bits per heavy atom. The fourth-order valence-electron chi connectivity index (χ4n) is 1.53. The molecular weight excluding hydrogens is 218 g/mol. The summed E-state index contributed by atoms with van der Waals surface area (Å²) in [5, 5.41) is 3.94. The molecule has 2 aromatic rings. The van der Waals surface area contributed by atoms with Crippen LogP contribution in [-0.2, 0) is 9.53 Å². The minimum absolute atomic E-state index is 0.333. The summed E-state index contributed by atoms with van der Waals surface area (Å²) in [4.78, 5) is 11.3. The van der Waals surface area contributed by atoms with E-state index in [2.05, 4.69) is 9.89 Å². The Morgan fingerprint density at radius 2 is 2.06 bits per heavy atom.